The maximum Gasteiger partial charge on any atom is 0.338 e. The van der Waals surface area contributed by atoms with E-state index < -0.39 is 0 Å². The van der Waals surface area contributed by atoms with E-state index in [1.165, 1.54) is 7.11 Å². The Kier molecular flexibility index (Phi) is 2.92. The number of methoxy groups -OCH3 is 1. The van der Waals surface area contributed by atoms with Crippen LogP contribution >= 0.6 is 15.9 Å². The molecule has 0 aliphatic carbocycles. The molecule has 0 amide bonds. The number of hydrogen-bond acceptors (Lipinski definition) is 2. The van der Waals surface area contributed by atoms with Crippen LogP contribution in [0, 0.1) is 0 Å². The van der Waals surface area contributed by atoms with Crippen LogP contribution < -0.4 is 5.46 Å². The van der Waals surface area contributed by atoms with E-state index in [-0.39, 0.29) is 5.97 Å². The van der Waals surface area contributed by atoms with Gasteiger partial charge >= 0.3 is 5.97 Å². The van der Waals surface area contributed by atoms with Crippen LogP contribution in [0.4, 0.5) is 0 Å². The quantitative estimate of drug-likeness (QED) is 0.515. The van der Waals surface area contributed by atoms with Crippen molar-refractivity contribution in [1.29, 1.82) is 0 Å². The molecule has 0 fully saturated rings. The lowest BCUT2D eigenvalue weighted by atomic mass is 9.94. The van der Waals surface area contributed by atoms with Crippen LogP contribution in [-0.2, 0) is 4.74 Å². The van der Waals surface area contributed by atoms with Gasteiger partial charge in [-0.05, 0) is 22.0 Å². The summed E-state index contributed by atoms with van der Waals surface area (Å²) < 4.78 is 5.37. The molecular formula is C8H8BBrO2. The number of carbonyl (C=O) groups excluding carboxylic acids is 1. The zero-order valence-corrected chi connectivity index (χ0v) is 8.51. The fourth-order valence-electron chi connectivity index (χ4n) is 0.905. The number of rotatable bonds is 1. The van der Waals surface area contributed by atoms with E-state index in [2.05, 4.69) is 20.7 Å². The van der Waals surface area contributed by atoms with E-state index in [0.717, 1.165) is 9.94 Å². The van der Waals surface area contributed by atoms with Gasteiger partial charge in [-0.15, -0.1) is 0 Å². The molecule has 0 saturated heterocycles. The van der Waals surface area contributed by atoms with Gasteiger partial charge in [-0.3, -0.25) is 0 Å². The lowest BCUT2D eigenvalue weighted by Gasteiger charge is -2.02. The van der Waals surface area contributed by atoms with Crippen molar-refractivity contribution >= 4 is 35.2 Å². The normalized spacial score (nSPS) is 9.50. The number of hydrogen-bond donors (Lipinski definition) is 0. The minimum atomic E-state index is -0.314. The molecule has 0 aliphatic rings. The molecule has 0 saturated carbocycles. The molecular weight excluding hydrogens is 219 g/mol. The number of carbonyl (C=O) groups is 1. The van der Waals surface area contributed by atoms with E-state index in [1.807, 2.05) is 20.0 Å². The van der Waals surface area contributed by atoms with Crippen molar-refractivity contribution in [2.45, 2.75) is 0 Å². The molecule has 1 rings (SSSR count). The molecule has 0 unspecified atom stereocenters. The number of esters is 1. The number of benzene rings is 1. The molecule has 0 aliphatic heterocycles. The lowest BCUT2D eigenvalue weighted by molar-refractivity contribution is 0.0600. The fraction of sp³-hybridized carbons (Fsp3) is 0.125. The zero-order valence-electron chi connectivity index (χ0n) is 6.93. The average Bonchev–Trinajstić information content (AvgIpc) is 2.08. The predicted octanol–water partition coefficient (Wildman–Crippen LogP) is 0.494. The fourth-order valence-corrected chi connectivity index (χ4v) is 1.31. The summed E-state index contributed by atoms with van der Waals surface area (Å²) in [5, 5.41) is 0. The first-order chi connectivity index (χ1) is 5.65. The topological polar surface area (TPSA) is 26.3 Å². The summed E-state index contributed by atoms with van der Waals surface area (Å²) in [5.74, 6) is -0.314. The largest absolute Gasteiger partial charge is 0.465 e. The average molecular weight is 227 g/mol. The molecule has 2 nitrogen and oxygen atoms in total. The summed E-state index contributed by atoms with van der Waals surface area (Å²) >= 11 is 3.27. The Bertz CT molecular complexity index is 312. The first-order valence-electron chi connectivity index (χ1n) is 3.49. The third-order valence-corrected chi connectivity index (χ3v) is 2.22. The summed E-state index contributed by atoms with van der Waals surface area (Å²) in [5.41, 5.74) is 1.61. The molecule has 62 valence electrons. The Labute approximate surface area is 80.5 Å². The van der Waals surface area contributed by atoms with Gasteiger partial charge in [0.25, 0.3) is 0 Å². The van der Waals surface area contributed by atoms with Gasteiger partial charge in [0.05, 0.1) is 12.7 Å². The molecule has 0 radical (unpaired) electrons. The van der Waals surface area contributed by atoms with Crippen LogP contribution in [0.25, 0.3) is 0 Å². The van der Waals surface area contributed by atoms with Crippen molar-refractivity contribution in [2.75, 3.05) is 7.11 Å². The van der Waals surface area contributed by atoms with Crippen molar-refractivity contribution in [3.8, 4) is 0 Å². The molecule has 0 heterocycles. The van der Waals surface area contributed by atoms with Gasteiger partial charge in [-0.2, -0.15) is 0 Å². The Morgan fingerprint density at radius 3 is 2.83 bits per heavy atom. The van der Waals surface area contributed by atoms with Crippen LogP contribution in [0.15, 0.2) is 22.7 Å². The van der Waals surface area contributed by atoms with Crippen molar-refractivity contribution in [2.24, 2.45) is 0 Å². The van der Waals surface area contributed by atoms with Crippen LogP contribution in [-0.4, -0.2) is 20.9 Å². The monoisotopic (exact) mass is 226 g/mol. The minimum absolute atomic E-state index is 0.314. The highest BCUT2D eigenvalue weighted by atomic mass is 79.9. The Balaban J connectivity index is 3.13. The third-order valence-electron chi connectivity index (χ3n) is 1.53. The van der Waals surface area contributed by atoms with E-state index in [9.17, 15) is 4.79 Å². The summed E-state index contributed by atoms with van der Waals surface area (Å²) in [6.07, 6.45) is 0. The van der Waals surface area contributed by atoms with Crippen molar-refractivity contribution in [3.05, 3.63) is 28.2 Å². The lowest BCUT2D eigenvalue weighted by Crippen LogP contribution is -2.09. The second kappa shape index (κ2) is 3.76. The van der Waals surface area contributed by atoms with Gasteiger partial charge in [0.2, 0.25) is 0 Å². The van der Waals surface area contributed by atoms with Gasteiger partial charge < -0.3 is 4.74 Å². The number of ether oxygens (including phenoxy) is 1. The van der Waals surface area contributed by atoms with Crippen LogP contribution in [0.1, 0.15) is 10.4 Å². The first kappa shape index (κ1) is 9.32. The van der Waals surface area contributed by atoms with Gasteiger partial charge in [0.1, 0.15) is 7.85 Å². The van der Waals surface area contributed by atoms with Crippen molar-refractivity contribution in [1.82, 2.24) is 0 Å². The summed E-state index contributed by atoms with van der Waals surface area (Å²) in [6.45, 7) is 0. The van der Waals surface area contributed by atoms with Gasteiger partial charge in [0.15, 0.2) is 0 Å². The van der Waals surface area contributed by atoms with Gasteiger partial charge in [0, 0.05) is 4.47 Å². The molecule has 0 aromatic heterocycles. The third kappa shape index (κ3) is 1.88. The van der Waals surface area contributed by atoms with Crippen LogP contribution in [0.3, 0.4) is 0 Å². The Morgan fingerprint density at radius 2 is 2.25 bits per heavy atom. The van der Waals surface area contributed by atoms with E-state index in [4.69, 9.17) is 0 Å². The summed E-state index contributed by atoms with van der Waals surface area (Å²) in [6, 6.07) is 5.55. The zero-order chi connectivity index (χ0) is 9.14. The summed E-state index contributed by atoms with van der Waals surface area (Å²) in [4.78, 5) is 11.1. The molecule has 0 atom stereocenters. The molecule has 0 bridgehead atoms. The van der Waals surface area contributed by atoms with Crippen molar-refractivity contribution in [3.63, 3.8) is 0 Å². The highest BCUT2D eigenvalue weighted by Crippen LogP contribution is 2.15. The Hall–Kier alpha value is -0.765. The Morgan fingerprint density at radius 1 is 1.58 bits per heavy atom. The highest BCUT2D eigenvalue weighted by Gasteiger charge is 2.08. The highest BCUT2D eigenvalue weighted by molar-refractivity contribution is 9.10. The molecule has 12 heavy (non-hydrogen) atoms. The summed E-state index contributed by atoms with van der Waals surface area (Å²) in [7, 11) is 3.30. The molecule has 0 N–H and O–H groups in total. The second-order valence-corrected chi connectivity index (χ2v) is 3.33. The number of halogens is 1. The smallest absolute Gasteiger partial charge is 0.338 e. The van der Waals surface area contributed by atoms with E-state index >= 15 is 0 Å². The minimum Gasteiger partial charge on any atom is -0.465 e. The van der Waals surface area contributed by atoms with E-state index in [1.54, 1.807) is 6.07 Å². The predicted molar refractivity (Wildman–Crippen MR) is 53.7 cm³/mol. The maximum atomic E-state index is 11.1. The first-order valence-corrected chi connectivity index (χ1v) is 4.29. The van der Waals surface area contributed by atoms with Crippen LogP contribution in [0.2, 0.25) is 0 Å². The SMILES string of the molecule is Bc1ccc(Br)c(C(=O)OC)c1. The second-order valence-electron chi connectivity index (χ2n) is 2.47. The standard InChI is InChI=1S/C8H8BBrO2/c1-12-8(11)6-4-5(9)2-3-7(6)10/h2-4H,9H2,1H3. The molecule has 1 aromatic carbocycles. The van der Waals surface area contributed by atoms with Crippen LogP contribution in [0.5, 0.6) is 0 Å². The van der Waals surface area contributed by atoms with Gasteiger partial charge in [-0.1, -0.05) is 17.6 Å². The molecule has 4 heteroatoms. The maximum absolute atomic E-state index is 11.1. The van der Waals surface area contributed by atoms with Crippen molar-refractivity contribution < 1.29 is 9.53 Å². The molecule has 1 aromatic rings. The van der Waals surface area contributed by atoms with E-state index in [0.29, 0.717) is 5.56 Å². The van der Waals surface area contributed by atoms with Gasteiger partial charge in [-0.25, -0.2) is 4.79 Å². The molecule has 0 spiro atoms.